The molecule has 0 amide bonds. The number of hydrogen-bond acceptors (Lipinski definition) is 5. The highest BCUT2D eigenvalue weighted by molar-refractivity contribution is 6.37. The summed E-state index contributed by atoms with van der Waals surface area (Å²) in [5, 5.41) is 6.85. The average Bonchev–Trinajstić information content (AvgIpc) is 2.34. The number of hydrogen-bond donors (Lipinski definition) is 2. The minimum absolute atomic E-state index is 0.244. The minimum Gasteiger partial charge on any atom is -0.469 e. The molecule has 0 aliphatic carbocycles. The van der Waals surface area contributed by atoms with E-state index in [-0.39, 0.29) is 12.4 Å². The van der Waals surface area contributed by atoms with Crippen molar-refractivity contribution in [2.45, 2.75) is 13.3 Å². The van der Waals surface area contributed by atoms with E-state index in [1.165, 1.54) is 7.11 Å². The number of nitrogens with zero attached hydrogens (tertiary/aromatic N) is 1. The fourth-order valence-corrected chi connectivity index (χ4v) is 1.76. The van der Waals surface area contributed by atoms with Crippen molar-refractivity contribution in [1.82, 2.24) is 4.98 Å². The molecule has 0 aromatic carbocycles. The van der Waals surface area contributed by atoms with Crippen LogP contribution >= 0.6 is 23.2 Å². The number of carbonyl (C=O) groups excluding carboxylic acids is 1. The van der Waals surface area contributed by atoms with E-state index in [0.29, 0.717) is 34.8 Å². The molecule has 1 aromatic heterocycles. The van der Waals surface area contributed by atoms with Crippen molar-refractivity contribution < 1.29 is 9.53 Å². The molecule has 0 spiro atoms. The standard InChI is InChI=1S/C11H15Cl2N3O2/c1-3-14-10-7(12)6-8(13)11(16-10)15-5-4-9(17)18-2/h6H,3-5H2,1-2H3,(H2,14,15,16). The van der Waals surface area contributed by atoms with Crippen molar-refractivity contribution >= 4 is 40.8 Å². The van der Waals surface area contributed by atoms with Crippen LogP contribution in [0.15, 0.2) is 6.07 Å². The topological polar surface area (TPSA) is 63.2 Å². The lowest BCUT2D eigenvalue weighted by atomic mass is 10.4. The van der Waals surface area contributed by atoms with Gasteiger partial charge in [0.2, 0.25) is 0 Å². The predicted molar refractivity (Wildman–Crippen MR) is 73.5 cm³/mol. The quantitative estimate of drug-likeness (QED) is 0.789. The molecule has 0 unspecified atom stereocenters. The first-order chi connectivity index (χ1) is 8.58. The summed E-state index contributed by atoms with van der Waals surface area (Å²) in [5.74, 6) is 0.754. The second-order valence-electron chi connectivity index (χ2n) is 3.43. The molecule has 0 fully saturated rings. The summed E-state index contributed by atoms with van der Waals surface area (Å²) in [6, 6.07) is 1.61. The van der Waals surface area contributed by atoms with Crippen molar-refractivity contribution in [2.24, 2.45) is 0 Å². The summed E-state index contributed by atoms with van der Waals surface area (Å²) >= 11 is 12.0. The summed E-state index contributed by atoms with van der Waals surface area (Å²) in [6.07, 6.45) is 0.244. The Bertz CT molecular complexity index is 427. The third kappa shape index (κ3) is 4.23. The predicted octanol–water partition coefficient (Wildman–Crippen LogP) is 2.80. The number of carbonyl (C=O) groups is 1. The van der Waals surface area contributed by atoms with E-state index in [4.69, 9.17) is 23.2 Å². The lowest BCUT2D eigenvalue weighted by Crippen LogP contribution is -2.11. The maximum atomic E-state index is 11.0. The normalized spacial score (nSPS) is 10.0. The van der Waals surface area contributed by atoms with Crippen LogP contribution in [-0.2, 0) is 9.53 Å². The van der Waals surface area contributed by atoms with Crippen molar-refractivity contribution in [3.8, 4) is 0 Å². The zero-order valence-corrected chi connectivity index (χ0v) is 11.7. The molecule has 0 saturated heterocycles. The molecule has 5 nitrogen and oxygen atoms in total. The molecule has 0 aliphatic rings. The first-order valence-electron chi connectivity index (χ1n) is 5.49. The highest BCUT2D eigenvalue weighted by Crippen LogP contribution is 2.28. The van der Waals surface area contributed by atoms with Crippen LogP contribution in [0, 0.1) is 0 Å². The van der Waals surface area contributed by atoms with Crippen molar-refractivity contribution in [3.63, 3.8) is 0 Å². The Morgan fingerprint density at radius 3 is 2.50 bits per heavy atom. The first kappa shape index (κ1) is 14.9. The van der Waals surface area contributed by atoms with Gasteiger partial charge < -0.3 is 15.4 Å². The van der Waals surface area contributed by atoms with Gasteiger partial charge in [-0.1, -0.05) is 23.2 Å². The van der Waals surface area contributed by atoms with Gasteiger partial charge >= 0.3 is 5.97 Å². The maximum Gasteiger partial charge on any atom is 0.307 e. The van der Waals surface area contributed by atoms with Crippen LogP contribution in [-0.4, -0.2) is 31.2 Å². The molecule has 0 radical (unpaired) electrons. The van der Waals surface area contributed by atoms with Crippen LogP contribution in [0.4, 0.5) is 11.6 Å². The van der Waals surface area contributed by atoms with Gasteiger partial charge in [0, 0.05) is 13.1 Å². The fraction of sp³-hybridized carbons (Fsp3) is 0.455. The second-order valence-corrected chi connectivity index (χ2v) is 4.25. The van der Waals surface area contributed by atoms with Crippen LogP contribution in [0.3, 0.4) is 0 Å². The van der Waals surface area contributed by atoms with Crippen LogP contribution in [0.1, 0.15) is 13.3 Å². The lowest BCUT2D eigenvalue weighted by Gasteiger charge is -2.11. The zero-order chi connectivity index (χ0) is 13.5. The van der Waals surface area contributed by atoms with Gasteiger partial charge in [-0.2, -0.15) is 0 Å². The SMILES string of the molecule is CCNc1nc(NCCC(=O)OC)c(Cl)cc1Cl. The van der Waals surface area contributed by atoms with E-state index in [1.807, 2.05) is 6.92 Å². The number of nitrogens with one attached hydrogen (secondary N) is 2. The second kappa shape index (κ2) is 7.28. The Balaban J connectivity index is 2.69. The molecule has 18 heavy (non-hydrogen) atoms. The molecule has 0 atom stereocenters. The monoisotopic (exact) mass is 291 g/mol. The summed E-state index contributed by atoms with van der Waals surface area (Å²) < 4.78 is 4.53. The van der Waals surface area contributed by atoms with E-state index in [0.717, 1.165) is 0 Å². The lowest BCUT2D eigenvalue weighted by molar-refractivity contribution is -0.140. The van der Waals surface area contributed by atoms with Crippen LogP contribution < -0.4 is 10.6 Å². The summed E-state index contributed by atoms with van der Waals surface area (Å²) in [7, 11) is 1.35. The molecule has 7 heteroatoms. The van der Waals surface area contributed by atoms with E-state index in [9.17, 15) is 4.79 Å². The molecule has 0 saturated carbocycles. The van der Waals surface area contributed by atoms with Crippen LogP contribution in [0.25, 0.3) is 0 Å². The van der Waals surface area contributed by atoms with Gasteiger partial charge in [-0.05, 0) is 13.0 Å². The summed E-state index contributed by atoms with van der Waals surface area (Å²) in [5.41, 5.74) is 0. The fourth-order valence-electron chi connectivity index (χ4n) is 1.27. The number of ether oxygens (including phenoxy) is 1. The molecule has 1 aromatic rings. The Kier molecular flexibility index (Phi) is 6.01. The molecule has 0 aliphatic heterocycles. The number of anilines is 2. The minimum atomic E-state index is -0.292. The molecule has 0 bridgehead atoms. The highest BCUT2D eigenvalue weighted by atomic mass is 35.5. The number of methoxy groups -OCH3 is 1. The molecule has 100 valence electrons. The molecule has 2 N–H and O–H groups in total. The van der Waals surface area contributed by atoms with Gasteiger partial charge in [-0.15, -0.1) is 0 Å². The van der Waals surface area contributed by atoms with Crippen LogP contribution in [0.5, 0.6) is 0 Å². The van der Waals surface area contributed by atoms with E-state index >= 15 is 0 Å². The number of pyridine rings is 1. The smallest absolute Gasteiger partial charge is 0.307 e. The van der Waals surface area contributed by atoms with Gasteiger partial charge in [0.15, 0.2) is 0 Å². The largest absolute Gasteiger partial charge is 0.469 e. The number of rotatable bonds is 6. The van der Waals surface area contributed by atoms with Gasteiger partial charge in [0.05, 0.1) is 23.6 Å². The van der Waals surface area contributed by atoms with Crippen molar-refractivity contribution in [3.05, 3.63) is 16.1 Å². The Labute approximate surface area is 116 Å². The molecular formula is C11H15Cl2N3O2. The van der Waals surface area contributed by atoms with Gasteiger partial charge in [-0.25, -0.2) is 4.98 Å². The van der Waals surface area contributed by atoms with Crippen LogP contribution in [0.2, 0.25) is 10.0 Å². The van der Waals surface area contributed by atoms with Crippen molar-refractivity contribution in [2.75, 3.05) is 30.8 Å². The van der Waals surface area contributed by atoms with E-state index < -0.39 is 0 Å². The Morgan fingerprint density at radius 2 is 1.94 bits per heavy atom. The molecular weight excluding hydrogens is 277 g/mol. The zero-order valence-electron chi connectivity index (χ0n) is 10.2. The van der Waals surface area contributed by atoms with Crippen molar-refractivity contribution in [1.29, 1.82) is 0 Å². The Hall–Kier alpha value is -1.20. The third-order valence-electron chi connectivity index (χ3n) is 2.12. The molecule has 1 heterocycles. The number of esters is 1. The summed E-state index contributed by atoms with van der Waals surface area (Å²) in [4.78, 5) is 15.2. The van der Waals surface area contributed by atoms with Gasteiger partial charge in [0.1, 0.15) is 11.6 Å². The number of aromatic nitrogens is 1. The average molecular weight is 292 g/mol. The van der Waals surface area contributed by atoms with Gasteiger partial charge in [-0.3, -0.25) is 4.79 Å². The van der Waals surface area contributed by atoms with Gasteiger partial charge in [0.25, 0.3) is 0 Å². The first-order valence-corrected chi connectivity index (χ1v) is 6.24. The highest BCUT2D eigenvalue weighted by Gasteiger charge is 2.09. The van der Waals surface area contributed by atoms with E-state index in [1.54, 1.807) is 6.07 Å². The maximum absolute atomic E-state index is 11.0. The third-order valence-corrected chi connectivity index (χ3v) is 2.70. The molecule has 1 rings (SSSR count). The summed E-state index contributed by atoms with van der Waals surface area (Å²) in [6.45, 7) is 3.04. The van der Waals surface area contributed by atoms with E-state index in [2.05, 4.69) is 20.4 Å². The Morgan fingerprint density at radius 1 is 1.33 bits per heavy atom. The number of halogens is 2.